The van der Waals surface area contributed by atoms with Crippen molar-refractivity contribution < 1.29 is 9.59 Å². The number of carbonyl (C=O) groups is 2. The first kappa shape index (κ1) is 23.5. The topological polar surface area (TPSA) is 67.2 Å². The van der Waals surface area contributed by atoms with Crippen molar-refractivity contribution in [3.8, 4) is 0 Å². The lowest BCUT2D eigenvalue weighted by atomic mass is 9.91. The number of fused-ring (bicyclic) bond motifs is 1. The quantitative estimate of drug-likeness (QED) is 0.665. The molecular weight excluding hydrogens is 412 g/mol. The number of anilines is 1. The average Bonchev–Trinajstić information content (AvgIpc) is 2.98. The van der Waals surface area contributed by atoms with Gasteiger partial charge in [0.25, 0.3) is 5.91 Å². The first-order valence-corrected chi connectivity index (χ1v) is 12.3. The molecule has 4 rings (SSSR count). The Morgan fingerprint density at radius 1 is 1.03 bits per heavy atom. The average molecular weight is 451 g/mol. The second-order valence-electron chi connectivity index (χ2n) is 11.2. The zero-order chi connectivity index (χ0) is 24.0. The summed E-state index contributed by atoms with van der Waals surface area (Å²) in [5.41, 5.74) is 3.04. The van der Waals surface area contributed by atoms with E-state index in [0.717, 1.165) is 48.2 Å². The van der Waals surface area contributed by atoms with Crippen molar-refractivity contribution in [3.63, 3.8) is 0 Å². The Labute approximate surface area is 197 Å². The number of benzene rings is 1. The summed E-state index contributed by atoms with van der Waals surface area (Å²) >= 11 is 0. The van der Waals surface area contributed by atoms with Crippen molar-refractivity contribution in [1.29, 1.82) is 0 Å². The van der Waals surface area contributed by atoms with Gasteiger partial charge in [-0.1, -0.05) is 52.5 Å². The van der Waals surface area contributed by atoms with Gasteiger partial charge in [-0.15, -0.1) is 0 Å². The molecule has 6 nitrogen and oxygen atoms in total. The molecule has 0 bridgehead atoms. The molecule has 0 radical (unpaired) electrons. The molecule has 2 heterocycles. The first-order chi connectivity index (χ1) is 15.5. The number of hydrogen-bond donors (Lipinski definition) is 1. The van der Waals surface area contributed by atoms with Crippen molar-refractivity contribution >= 4 is 17.5 Å². The van der Waals surface area contributed by atoms with Crippen LogP contribution in [0.5, 0.6) is 0 Å². The normalized spacial score (nSPS) is 22.1. The number of hydrogen-bond acceptors (Lipinski definition) is 3. The van der Waals surface area contributed by atoms with Gasteiger partial charge in [0.1, 0.15) is 11.2 Å². The molecule has 1 aromatic heterocycles. The Morgan fingerprint density at radius 3 is 2.21 bits per heavy atom. The van der Waals surface area contributed by atoms with Gasteiger partial charge in [0.2, 0.25) is 5.91 Å². The molecule has 2 aliphatic rings. The highest BCUT2D eigenvalue weighted by atomic mass is 16.2. The summed E-state index contributed by atoms with van der Waals surface area (Å²) in [6, 6.07) is 8.14. The van der Waals surface area contributed by atoms with E-state index in [9.17, 15) is 9.59 Å². The molecule has 1 saturated carbocycles. The van der Waals surface area contributed by atoms with Crippen LogP contribution < -0.4 is 10.2 Å². The zero-order valence-corrected chi connectivity index (χ0v) is 21.0. The minimum atomic E-state index is -1.07. The minimum Gasteiger partial charge on any atom is -0.351 e. The second kappa shape index (κ2) is 8.62. The molecule has 2 aromatic rings. The van der Waals surface area contributed by atoms with Crippen LogP contribution in [0.15, 0.2) is 24.3 Å². The molecule has 6 heteroatoms. The standard InChI is InChI=1S/C27H38N4O2/c1-18-13-19(2)15-21(14-18)31-24(32)22-16-23(26(3,4)5)29-30(22)17-27(31,6)25(33)28-20-11-9-7-8-10-12-20/h13-16,20H,7-12,17H2,1-6H3,(H,28,33)/t27-/m1/s1. The third kappa shape index (κ3) is 4.57. The number of carbonyl (C=O) groups excluding carboxylic acids is 2. The fraction of sp³-hybridized carbons (Fsp3) is 0.593. The van der Waals surface area contributed by atoms with E-state index in [1.54, 1.807) is 9.58 Å². The van der Waals surface area contributed by atoms with E-state index >= 15 is 0 Å². The van der Waals surface area contributed by atoms with Crippen LogP contribution in [0.25, 0.3) is 0 Å². The molecule has 1 aromatic carbocycles. The number of aromatic nitrogens is 2. The molecule has 0 saturated heterocycles. The summed E-state index contributed by atoms with van der Waals surface area (Å²) in [6.07, 6.45) is 6.73. The Hall–Kier alpha value is -2.63. The predicted molar refractivity (Wildman–Crippen MR) is 132 cm³/mol. The Bertz CT molecular complexity index is 1040. The molecule has 1 aliphatic heterocycles. The van der Waals surface area contributed by atoms with Crippen molar-refractivity contribution in [2.24, 2.45) is 0 Å². The smallest absolute Gasteiger partial charge is 0.277 e. The maximum absolute atomic E-state index is 13.9. The van der Waals surface area contributed by atoms with E-state index < -0.39 is 5.54 Å². The second-order valence-corrected chi connectivity index (χ2v) is 11.2. The van der Waals surface area contributed by atoms with E-state index in [4.69, 9.17) is 5.10 Å². The highest BCUT2D eigenvalue weighted by Gasteiger charge is 2.49. The summed E-state index contributed by atoms with van der Waals surface area (Å²) in [5.74, 6) is -0.270. The molecule has 178 valence electrons. The lowest BCUT2D eigenvalue weighted by Crippen LogP contribution is -2.65. The van der Waals surface area contributed by atoms with Crippen LogP contribution in [-0.4, -0.2) is 33.2 Å². The molecule has 1 fully saturated rings. The Balaban J connectivity index is 1.78. The van der Waals surface area contributed by atoms with Crippen LogP contribution in [0, 0.1) is 13.8 Å². The number of aryl methyl sites for hydroxylation is 2. The van der Waals surface area contributed by atoms with Crippen LogP contribution >= 0.6 is 0 Å². The van der Waals surface area contributed by atoms with E-state index in [-0.39, 0.29) is 23.3 Å². The largest absolute Gasteiger partial charge is 0.351 e. The molecule has 1 aliphatic carbocycles. The zero-order valence-electron chi connectivity index (χ0n) is 21.0. The lowest BCUT2D eigenvalue weighted by Gasteiger charge is -2.44. The predicted octanol–water partition coefficient (Wildman–Crippen LogP) is 5.06. The number of rotatable bonds is 3. The monoisotopic (exact) mass is 450 g/mol. The van der Waals surface area contributed by atoms with Gasteiger partial charge in [0.15, 0.2) is 0 Å². The van der Waals surface area contributed by atoms with Crippen LogP contribution in [0.1, 0.15) is 93.5 Å². The number of nitrogens with one attached hydrogen (secondary N) is 1. The Kier molecular flexibility index (Phi) is 6.14. The van der Waals surface area contributed by atoms with Crippen molar-refractivity contribution in [2.45, 2.75) is 104 Å². The molecule has 33 heavy (non-hydrogen) atoms. The van der Waals surface area contributed by atoms with Crippen LogP contribution in [-0.2, 0) is 16.8 Å². The number of nitrogens with zero attached hydrogens (tertiary/aromatic N) is 3. The molecular formula is C27H38N4O2. The van der Waals surface area contributed by atoms with Gasteiger partial charge in [0.05, 0.1) is 12.2 Å². The van der Waals surface area contributed by atoms with Crippen molar-refractivity contribution in [1.82, 2.24) is 15.1 Å². The van der Waals surface area contributed by atoms with E-state index in [2.05, 4.69) is 32.2 Å². The van der Waals surface area contributed by atoms with Gasteiger partial charge in [-0.3, -0.25) is 19.2 Å². The number of amides is 2. The summed E-state index contributed by atoms with van der Waals surface area (Å²) in [6.45, 7) is 12.5. The fourth-order valence-electron chi connectivity index (χ4n) is 5.20. The molecule has 1 atom stereocenters. The summed E-state index contributed by atoms with van der Waals surface area (Å²) in [7, 11) is 0. The van der Waals surface area contributed by atoms with Gasteiger partial charge in [-0.05, 0) is 62.9 Å². The van der Waals surface area contributed by atoms with Gasteiger partial charge in [0, 0.05) is 17.1 Å². The van der Waals surface area contributed by atoms with Crippen LogP contribution in [0.3, 0.4) is 0 Å². The van der Waals surface area contributed by atoms with Gasteiger partial charge in [-0.2, -0.15) is 5.10 Å². The maximum Gasteiger partial charge on any atom is 0.277 e. The van der Waals surface area contributed by atoms with E-state index in [0.29, 0.717) is 12.2 Å². The van der Waals surface area contributed by atoms with Crippen LogP contribution in [0.4, 0.5) is 5.69 Å². The Morgan fingerprint density at radius 2 is 1.64 bits per heavy atom. The SMILES string of the molecule is Cc1cc(C)cc(N2C(=O)c3cc(C(C)(C)C)nn3C[C@]2(C)C(=O)NC2CCCCCC2)c1. The fourth-order valence-corrected chi connectivity index (χ4v) is 5.20. The highest BCUT2D eigenvalue weighted by Crippen LogP contribution is 2.35. The van der Waals surface area contributed by atoms with E-state index in [1.807, 2.05) is 39.0 Å². The lowest BCUT2D eigenvalue weighted by molar-refractivity contribution is -0.127. The van der Waals surface area contributed by atoms with Gasteiger partial charge in [-0.25, -0.2) is 0 Å². The van der Waals surface area contributed by atoms with E-state index in [1.165, 1.54) is 12.8 Å². The van der Waals surface area contributed by atoms with Crippen molar-refractivity contribution in [3.05, 3.63) is 46.8 Å². The molecule has 0 unspecified atom stereocenters. The first-order valence-electron chi connectivity index (χ1n) is 12.3. The molecule has 0 spiro atoms. The van der Waals surface area contributed by atoms with Crippen LogP contribution in [0.2, 0.25) is 0 Å². The maximum atomic E-state index is 13.9. The third-order valence-corrected chi connectivity index (χ3v) is 7.07. The third-order valence-electron chi connectivity index (χ3n) is 7.07. The highest BCUT2D eigenvalue weighted by molar-refractivity contribution is 6.12. The molecule has 1 N–H and O–H groups in total. The summed E-state index contributed by atoms with van der Waals surface area (Å²) in [4.78, 5) is 29.5. The summed E-state index contributed by atoms with van der Waals surface area (Å²) < 4.78 is 1.74. The summed E-state index contributed by atoms with van der Waals surface area (Å²) in [5, 5.41) is 8.08. The van der Waals surface area contributed by atoms with Gasteiger partial charge >= 0.3 is 0 Å². The minimum absolute atomic E-state index is 0.0969. The van der Waals surface area contributed by atoms with Gasteiger partial charge < -0.3 is 5.32 Å². The molecule has 2 amide bonds. The van der Waals surface area contributed by atoms with Crippen molar-refractivity contribution in [2.75, 3.05) is 4.90 Å².